The molecule has 0 aromatic heterocycles. The maximum atomic E-state index is 11.2. The third-order valence-electron chi connectivity index (χ3n) is 3.10. The number of amides is 1. The second-order valence-electron chi connectivity index (χ2n) is 4.83. The fraction of sp³-hybridized carbons (Fsp3) is 0.235. The molecule has 1 amide bonds. The molecule has 0 heterocycles. The molecule has 0 aliphatic carbocycles. The number of ether oxygens (including phenoxy) is 1. The number of carbonyl (C=O) groups is 1. The highest BCUT2D eigenvalue weighted by molar-refractivity contribution is 5.77. The fourth-order valence-corrected chi connectivity index (χ4v) is 1.83. The van der Waals surface area contributed by atoms with E-state index in [1.54, 1.807) is 7.05 Å². The summed E-state index contributed by atoms with van der Waals surface area (Å²) >= 11 is 0. The first-order chi connectivity index (χ1) is 10.2. The predicted molar refractivity (Wildman–Crippen MR) is 84.5 cm³/mol. The van der Waals surface area contributed by atoms with Gasteiger partial charge in [0.25, 0.3) is 5.91 Å². The first-order valence-electron chi connectivity index (χ1n) is 6.90. The van der Waals surface area contributed by atoms with Crippen LogP contribution in [0, 0.1) is 6.92 Å². The number of benzene rings is 2. The Morgan fingerprint density at radius 1 is 1.14 bits per heavy atom. The van der Waals surface area contributed by atoms with Crippen molar-refractivity contribution < 1.29 is 9.53 Å². The standard InChI is InChI=1S/C17H20N2O2/c1-13-6-8-14(9-7-13)11-19-15-4-3-5-16(10-15)21-12-17(20)18-2/h3-10,19H,11-12H2,1-2H3,(H,18,20). The molecule has 4 heteroatoms. The van der Waals surface area contributed by atoms with Crippen LogP contribution in [0.25, 0.3) is 0 Å². The van der Waals surface area contributed by atoms with Crippen LogP contribution >= 0.6 is 0 Å². The second kappa shape index (κ2) is 7.33. The van der Waals surface area contributed by atoms with Gasteiger partial charge in [-0.25, -0.2) is 0 Å². The Labute approximate surface area is 125 Å². The van der Waals surface area contributed by atoms with Crippen LogP contribution in [0.4, 0.5) is 5.69 Å². The van der Waals surface area contributed by atoms with Gasteiger partial charge in [-0.3, -0.25) is 4.79 Å². The van der Waals surface area contributed by atoms with Crippen molar-refractivity contribution in [1.82, 2.24) is 5.32 Å². The first kappa shape index (κ1) is 14.9. The highest BCUT2D eigenvalue weighted by Crippen LogP contribution is 2.18. The van der Waals surface area contributed by atoms with E-state index in [4.69, 9.17) is 4.74 Å². The van der Waals surface area contributed by atoms with Gasteiger partial charge in [0.05, 0.1) is 0 Å². The summed E-state index contributed by atoms with van der Waals surface area (Å²) < 4.78 is 5.42. The smallest absolute Gasteiger partial charge is 0.257 e. The lowest BCUT2D eigenvalue weighted by Gasteiger charge is -2.10. The third kappa shape index (κ3) is 4.84. The molecule has 0 bridgehead atoms. The maximum absolute atomic E-state index is 11.2. The number of carbonyl (C=O) groups excluding carboxylic acids is 1. The van der Waals surface area contributed by atoms with Crippen LogP contribution in [-0.2, 0) is 11.3 Å². The van der Waals surface area contributed by atoms with Gasteiger partial charge >= 0.3 is 0 Å². The minimum Gasteiger partial charge on any atom is -0.484 e. The van der Waals surface area contributed by atoms with Crippen molar-refractivity contribution in [2.75, 3.05) is 19.0 Å². The zero-order valence-electron chi connectivity index (χ0n) is 12.3. The molecule has 0 unspecified atom stereocenters. The normalized spacial score (nSPS) is 10.0. The topological polar surface area (TPSA) is 50.4 Å². The van der Waals surface area contributed by atoms with Gasteiger partial charge in [0, 0.05) is 25.3 Å². The quantitative estimate of drug-likeness (QED) is 0.857. The Hall–Kier alpha value is -2.49. The molecule has 2 aromatic rings. The van der Waals surface area contributed by atoms with E-state index in [2.05, 4.69) is 41.8 Å². The number of nitrogens with one attached hydrogen (secondary N) is 2. The third-order valence-corrected chi connectivity index (χ3v) is 3.10. The molecule has 0 fully saturated rings. The van der Waals surface area contributed by atoms with Crippen LogP contribution in [0.3, 0.4) is 0 Å². The lowest BCUT2D eigenvalue weighted by atomic mass is 10.1. The molecule has 2 N–H and O–H groups in total. The Kier molecular flexibility index (Phi) is 5.21. The molecule has 0 radical (unpaired) electrons. The van der Waals surface area contributed by atoms with Crippen molar-refractivity contribution in [2.45, 2.75) is 13.5 Å². The summed E-state index contributed by atoms with van der Waals surface area (Å²) in [4.78, 5) is 11.2. The van der Waals surface area contributed by atoms with Gasteiger partial charge in [-0.15, -0.1) is 0 Å². The summed E-state index contributed by atoms with van der Waals surface area (Å²) in [5.41, 5.74) is 3.44. The highest BCUT2D eigenvalue weighted by atomic mass is 16.5. The van der Waals surface area contributed by atoms with Crippen molar-refractivity contribution >= 4 is 11.6 Å². The number of aryl methyl sites for hydroxylation is 1. The molecule has 0 aliphatic heterocycles. The van der Waals surface area contributed by atoms with E-state index in [0.717, 1.165) is 12.2 Å². The molecule has 110 valence electrons. The molecule has 0 aliphatic rings. The van der Waals surface area contributed by atoms with Crippen LogP contribution in [0.5, 0.6) is 5.75 Å². The van der Waals surface area contributed by atoms with Crippen molar-refractivity contribution in [3.63, 3.8) is 0 Å². The Morgan fingerprint density at radius 3 is 2.62 bits per heavy atom. The maximum Gasteiger partial charge on any atom is 0.257 e. The average molecular weight is 284 g/mol. The monoisotopic (exact) mass is 284 g/mol. The number of rotatable bonds is 6. The van der Waals surface area contributed by atoms with Gasteiger partial charge in [-0.05, 0) is 24.6 Å². The Morgan fingerprint density at radius 2 is 1.90 bits per heavy atom. The van der Waals surface area contributed by atoms with Crippen molar-refractivity contribution in [1.29, 1.82) is 0 Å². The molecular formula is C17H20N2O2. The van der Waals surface area contributed by atoms with Gasteiger partial charge in [-0.1, -0.05) is 35.9 Å². The summed E-state index contributed by atoms with van der Waals surface area (Å²) in [5, 5.41) is 5.86. The van der Waals surface area contributed by atoms with Crippen molar-refractivity contribution in [3.05, 3.63) is 59.7 Å². The van der Waals surface area contributed by atoms with Gasteiger partial charge in [-0.2, -0.15) is 0 Å². The number of likely N-dealkylation sites (N-methyl/N-ethyl adjacent to an activating group) is 1. The second-order valence-corrected chi connectivity index (χ2v) is 4.83. The minimum atomic E-state index is -0.145. The average Bonchev–Trinajstić information content (AvgIpc) is 2.52. The summed E-state index contributed by atoms with van der Waals surface area (Å²) in [6.45, 7) is 2.85. The molecule has 4 nitrogen and oxygen atoms in total. The zero-order chi connectivity index (χ0) is 15.1. The van der Waals surface area contributed by atoms with Crippen LogP contribution in [0.2, 0.25) is 0 Å². The van der Waals surface area contributed by atoms with Gasteiger partial charge in [0.15, 0.2) is 6.61 Å². The van der Waals surface area contributed by atoms with E-state index in [0.29, 0.717) is 5.75 Å². The molecule has 0 atom stereocenters. The fourth-order valence-electron chi connectivity index (χ4n) is 1.83. The van der Waals surface area contributed by atoms with Gasteiger partial charge in [0.2, 0.25) is 0 Å². The molecule has 21 heavy (non-hydrogen) atoms. The Balaban J connectivity index is 1.91. The lowest BCUT2D eigenvalue weighted by Crippen LogP contribution is -2.24. The zero-order valence-corrected chi connectivity index (χ0v) is 12.3. The molecule has 2 rings (SSSR count). The van der Waals surface area contributed by atoms with Crippen molar-refractivity contribution in [3.8, 4) is 5.75 Å². The molecule has 0 saturated heterocycles. The number of hydrogen-bond donors (Lipinski definition) is 2. The van der Waals surface area contributed by atoms with Gasteiger partial charge in [0.1, 0.15) is 5.75 Å². The van der Waals surface area contributed by atoms with Crippen LogP contribution in [0.15, 0.2) is 48.5 Å². The van der Waals surface area contributed by atoms with E-state index in [9.17, 15) is 4.79 Å². The van der Waals surface area contributed by atoms with Crippen molar-refractivity contribution in [2.24, 2.45) is 0 Å². The summed E-state index contributed by atoms with van der Waals surface area (Å²) in [6, 6.07) is 16.0. The lowest BCUT2D eigenvalue weighted by molar-refractivity contribution is -0.122. The van der Waals surface area contributed by atoms with Crippen LogP contribution < -0.4 is 15.4 Å². The highest BCUT2D eigenvalue weighted by Gasteiger charge is 2.01. The van der Waals surface area contributed by atoms with E-state index in [1.807, 2.05) is 24.3 Å². The summed E-state index contributed by atoms with van der Waals surface area (Å²) in [6.07, 6.45) is 0. The van der Waals surface area contributed by atoms with E-state index in [-0.39, 0.29) is 12.5 Å². The largest absolute Gasteiger partial charge is 0.484 e. The van der Waals surface area contributed by atoms with E-state index < -0.39 is 0 Å². The molecular weight excluding hydrogens is 264 g/mol. The molecule has 2 aromatic carbocycles. The van der Waals surface area contributed by atoms with Gasteiger partial charge < -0.3 is 15.4 Å². The van der Waals surface area contributed by atoms with E-state index >= 15 is 0 Å². The van der Waals surface area contributed by atoms with Crippen LogP contribution in [0.1, 0.15) is 11.1 Å². The molecule has 0 saturated carbocycles. The van der Waals surface area contributed by atoms with Crippen LogP contribution in [-0.4, -0.2) is 19.6 Å². The summed E-state index contributed by atoms with van der Waals surface area (Å²) in [5.74, 6) is 0.528. The SMILES string of the molecule is CNC(=O)COc1cccc(NCc2ccc(C)cc2)c1. The molecule has 0 spiro atoms. The minimum absolute atomic E-state index is 0.0257. The van der Waals surface area contributed by atoms with E-state index in [1.165, 1.54) is 11.1 Å². The number of anilines is 1. The number of hydrogen-bond acceptors (Lipinski definition) is 3. The summed E-state index contributed by atoms with van der Waals surface area (Å²) in [7, 11) is 1.59. The predicted octanol–water partition coefficient (Wildman–Crippen LogP) is 2.73. The Bertz CT molecular complexity index is 594. The first-order valence-corrected chi connectivity index (χ1v) is 6.90.